The molecule has 3 aliphatic heterocycles. The SMILES string of the molecule is CC(=O)N1CC(CNN2CCC3(CNc4ccc(Cl)cc43)C2)C1. The van der Waals surface area contributed by atoms with Crippen molar-refractivity contribution < 1.29 is 4.79 Å². The summed E-state index contributed by atoms with van der Waals surface area (Å²) in [6.45, 7) is 7.43. The highest BCUT2D eigenvalue weighted by Gasteiger charge is 2.44. The molecule has 0 aliphatic carbocycles. The van der Waals surface area contributed by atoms with Crippen molar-refractivity contribution in [1.29, 1.82) is 0 Å². The maximum Gasteiger partial charge on any atom is 0.219 e. The van der Waals surface area contributed by atoms with Crippen LogP contribution in [0, 0.1) is 5.92 Å². The van der Waals surface area contributed by atoms with Crippen molar-refractivity contribution in [2.45, 2.75) is 18.8 Å². The fourth-order valence-electron chi connectivity index (χ4n) is 4.05. The molecule has 0 bridgehead atoms. The number of amides is 1. The molecule has 6 heteroatoms. The van der Waals surface area contributed by atoms with Gasteiger partial charge in [0.1, 0.15) is 0 Å². The van der Waals surface area contributed by atoms with E-state index in [1.54, 1.807) is 6.92 Å². The molecule has 1 atom stereocenters. The number of likely N-dealkylation sites (tertiary alicyclic amines) is 1. The van der Waals surface area contributed by atoms with E-state index in [0.717, 1.165) is 50.7 Å². The van der Waals surface area contributed by atoms with Crippen LogP contribution in [-0.2, 0) is 10.2 Å². The minimum Gasteiger partial charge on any atom is -0.384 e. The van der Waals surface area contributed by atoms with Crippen molar-refractivity contribution in [3.05, 3.63) is 28.8 Å². The van der Waals surface area contributed by atoms with Gasteiger partial charge in [-0.3, -0.25) is 10.2 Å². The van der Waals surface area contributed by atoms with Crippen molar-refractivity contribution in [2.24, 2.45) is 5.92 Å². The molecule has 0 saturated carbocycles. The molecule has 5 nitrogen and oxygen atoms in total. The van der Waals surface area contributed by atoms with Gasteiger partial charge in [0.25, 0.3) is 0 Å². The summed E-state index contributed by atoms with van der Waals surface area (Å²) in [5.74, 6) is 0.769. The second-order valence-corrected chi connectivity index (χ2v) is 7.58. The summed E-state index contributed by atoms with van der Waals surface area (Å²) in [6, 6.07) is 6.17. The first-order valence-electron chi connectivity index (χ1n) is 8.34. The van der Waals surface area contributed by atoms with E-state index in [4.69, 9.17) is 11.6 Å². The lowest BCUT2D eigenvalue weighted by Crippen LogP contribution is -2.54. The number of nitrogens with one attached hydrogen (secondary N) is 2. The Morgan fingerprint density at radius 2 is 2.30 bits per heavy atom. The fourth-order valence-corrected chi connectivity index (χ4v) is 4.23. The van der Waals surface area contributed by atoms with Crippen LogP contribution in [0.1, 0.15) is 18.9 Å². The van der Waals surface area contributed by atoms with Crippen LogP contribution in [0.3, 0.4) is 0 Å². The van der Waals surface area contributed by atoms with Gasteiger partial charge < -0.3 is 10.2 Å². The zero-order valence-corrected chi connectivity index (χ0v) is 14.2. The van der Waals surface area contributed by atoms with Crippen molar-refractivity contribution >= 4 is 23.2 Å². The fraction of sp³-hybridized carbons (Fsp3) is 0.588. The van der Waals surface area contributed by atoms with Gasteiger partial charge >= 0.3 is 0 Å². The smallest absolute Gasteiger partial charge is 0.219 e. The Morgan fingerprint density at radius 3 is 3.09 bits per heavy atom. The van der Waals surface area contributed by atoms with Crippen LogP contribution in [-0.4, -0.2) is 55.1 Å². The van der Waals surface area contributed by atoms with E-state index in [0.29, 0.717) is 5.92 Å². The first kappa shape index (κ1) is 15.2. The lowest BCUT2D eigenvalue weighted by Gasteiger charge is -2.39. The minimum atomic E-state index is 0.179. The van der Waals surface area contributed by atoms with Crippen molar-refractivity contribution in [3.63, 3.8) is 0 Å². The zero-order chi connectivity index (χ0) is 16.0. The number of hydrogen-bond acceptors (Lipinski definition) is 4. The van der Waals surface area contributed by atoms with E-state index in [9.17, 15) is 4.79 Å². The molecule has 3 heterocycles. The Hall–Kier alpha value is -1.30. The summed E-state index contributed by atoms with van der Waals surface area (Å²) in [5, 5.41) is 6.69. The van der Waals surface area contributed by atoms with Gasteiger partial charge in [0, 0.05) is 68.2 Å². The van der Waals surface area contributed by atoms with E-state index in [1.807, 2.05) is 11.0 Å². The molecule has 23 heavy (non-hydrogen) atoms. The highest BCUT2D eigenvalue weighted by molar-refractivity contribution is 6.30. The van der Waals surface area contributed by atoms with Gasteiger partial charge in [0.2, 0.25) is 5.91 Å². The summed E-state index contributed by atoms with van der Waals surface area (Å²) in [4.78, 5) is 13.1. The summed E-state index contributed by atoms with van der Waals surface area (Å²) >= 11 is 6.20. The molecule has 2 saturated heterocycles. The van der Waals surface area contributed by atoms with Gasteiger partial charge in [-0.2, -0.15) is 0 Å². The highest BCUT2D eigenvalue weighted by atomic mass is 35.5. The number of rotatable bonds is 3. The van der Waals surface area contributed by atoms with E-state index >= 15 is 0 Å². The normalized spacial score (nSPS) is 27.1. The topological polar surface area (TPSA) is 47.6 Å². The van der Waals surface area contributed by atoms with E-state index in [2.05, 4.69) is 27.9 Å². The Labute approximate surface area is 141 Å². The summed E-state index contributed by atoms with van der Waals surface area (Å²) in [5.41, 5.74) is 6.34. The zero-order valence-electron chi connectivity index (χ0n) is 13.4. The molecule has 1 aromatic rings. The molecule has 0 radical (unpaired) electrons. The molecule has 0 aromatic heterocycles. The molecule has 1 aromatic carbocycles. The van der Waals surface area contributed by atoms with Crippen LogP contribution in [0.25, 0.3) is 0 Å². The third-order valence-corrected chi connectivity index (χ3v) is 5.77. The Kier molecular flexibility index (Phi) is 3.75. The molecule has 4 rings (SSSR count). The predicted octanol–water partition coefficient (Wildman–Crippen LogP) is 1.69. The van der Waals surface area contributed by atoms with Crippen LogP contribution in [0.15, 0.2) is 18.2 Å². The van der Waals surface area contributed by atoms with Crippen LogP contribution in [0.5, 0.6) is 0 Å². The molecule has 2 fully saturated rings. The number of benzene rings is 1. The molecule has 1 spiro atoms. The number of fused-ring (bicyclic) bond motifs is 2. The Bertz CT molecular complexity index is 631. The van der Waals surface area contributed by atoms with Crippen LogP contribution < -0.4 is 10.7 Å². The summed E-state index contributed by atoms with van der Waals surface area (Å²) in [7, 11) is 0. The number of carbonyl (C=O) groups is 1. The van der Waals surface area contributed by atoms with E-state index in [1.165, 1.54) is 11.3 Å². The summed E-state index contributed by atoms with van der Waals surface area (Å²) < 4.78 is 0. The maximum atomic E-state index is 11.2. The van der Waals surface area contributed by atoms with Gasteiger partial charge in [-0.05, 0) is 30.2 Å². The number of anilines is 1. The first-order valence-corrected chi connectivity index (χ1v) is 8.71. The average Bonchev–Trinajstić information content (AvgIpc) is 3.03. The summed E-state index contributed by atoms with van der Waals surface area (Å²) in [6.07, 6.45) is 1.14. The number of hydrazine groups is 1. The van der Waals surface area contributed by atoms with Crippen molar-refractivity contribution in [1.82, 2.24) is 15.3 Å². The molecular weight excluding hydrogens is 312 g/mol. The highest BCUT2D eigenvalue weighted by Crippen LogP contribution is 2.43. The lowest BCUT2D eigenvalue weighted by molar-refractivity contribution is -0.135. The minimum absolute atomic E-state index is 0.179. The largest absolute Gasteiger partial charge is 0.384 e. The second kappa shape index (κ2) is 5.65. The number of hydrogen-bond donors (Lipinski definition) is 2. The lowest BCUT2D eigenvalue weighted by atomic mass is 9.82. The van der Waals surface area contributed by atoms with E-state index < -0.39 is 0 Å². The van der Waals surface area contributed by atoms with Gasteiger partial charge in [-0.25, -0.2) is 5.01 Å². The van der Waals surface area contributed by atoms with Crippen molar-refractivity contribution in [3.8, 4) is 0 Å². The second-order valence-electron chi connectivity index (χ2n) is 7.15. The molecule has 124 valence electrons. The van der Waals surface area contributed by atoms with Crippen LogP contribution in [0.4, 0.5) is 5.69 Å². The molecule has 3 aliphatic rings. The third kappa shape index (κ3) is 2.71. The Balaban J connectivity index is 1.34. The van der Waals surface area contributed by atoms with E-state index in [-0.39, 0.29) is 11.3 Å². The molecule has 1 unspecified atom stereocenters. The molecule has 2 N–H and O–H groups in total. The average molecular weight is 335 g/mol. The van der Waals surface area contributed by atoms with Crippen molar-refractivity contribution in [2.75, 3.05) is 44.6 Å². The van der Waals surface area contributed by atoms with Gasteiger partial charge in [-0.1, -0.05) is 11.6 Å². The number of halogens is 1. The maximum absolute atomic E-state index is 11.2. The number of nitrogens with zero attached hydrogens (tertiary/aromatic N) is 2. The first-order chi connectivity index (χ1) is 11.1. The van der Waals surface area contributed by atoms with Gasteiger partial charge in [0.15, 0.2) is 0 Å². The Morgan fingerprint density at radius 1 is 1.48 bits per heavy atom. The molecular formula is C17H23ClN4O. The monoisotopic (exact) mass is 334 g/mol. The van der Waals surface area contributed by atoms with Gasteiger partial charge in [-0.15, -0.1) is 0 Å². The molecule has 1 amide bonds. The van der Waals surface area contributed by atoms with Crippen LogP contribution in [0.2, 0.25) is 5.02 Å². The quantitative estimate of drug-likeness (QED) is 0.883. The standard InChI is InChI=1S/C17H23ClN4O/c1-12(23)21-8-13(9-21)7-20-22-5-4-17(11-22)10-19-16-3-2-14(18)6-15(16)17/h2-3,6,13,19-20H,4-5,7-11H2,1H3. The predicted molar refractivity (Wildman–Crippen MR) is 91.6 cm³/mol. The third-order valence-electron chi connectivity index (χ3n) is 5.53. The van der Waals surface area contributed by atoms with Crippen LogP contribution >= 0.6 is 11.6 Å². The number of carbonyl (C=O) groups excluding carboxylic acids is 1. The van der Waals surface area contributed by atoms with Gasteiger partial charge in [0.05, 0.1) is 0 Å².